The van der Waals surface area contributed by atoms with Crippen molar-refractivity contribution in [3.8, 4) is 5.75 Å². The molecule has 1 heterocycles. The van der Waals surface area contributed by atoms with Gasteiger partial charge < -0.3 is 15.4 Å². The number of anilines is 2. The average Bonchev–Trinajstić information content (AvgIpc) is 3.12. The molecule has 0 aliphatic carbocycles. The first-order valence-corrected chi connectivity index (χ1v) is 11.5. The minimum atomic E-state index is -0.193. The van der Waals surface area contributed by atoms with Gasteiger partial charge in [0.15, 0.2) is 0 Å². The number of hydrogen-bond acceptors (Lipinski definition) is 3. The predicted molar refractivity (Wildman–Crippen MR) is 139 cm³/mol. The van der Waals surface area contributed by atoms with Crippen molar-refractivity contribution in [2.75, 3.05) is 17.7 Å². The molecule has 2 amide bonds. The summed E-state index contributed by atoms with van der Waals surface area (Å²) in [4.78, 5) is 25.3. The minimum Gasteiger partial charge on any atom is -0.496 e. The lowest BCUT2D eigenvalue weighted by atomic mass is 9.90. The van der Waals surface area contributed by atoms with Gasteiger partial charge in [-0.3, -0.25) is 9.59 Å². The summed E-state index contributed by atoms with van der Waals surface area (Å²) in [6, 6.07) is 18.7. The maximum atomic E-state index is 12.9. The molecule has 0 radical (unpaired) electrons. The smallest absolute Gasteiger partial charge is 0.256 e. The van der Waals surface area contributed by atoms with Crippen molar-refractivity contribution in [2.24, 2.45) is 0 Å². The number of nitrogens with one attached hydrogen (secondary N) is 2. The topological polar surface area (TPSA) is 67.4 Å². The normalized spacial score (nSPS) is 13.9. The van der Waals surface area contributed by atoms with Crippen LogP contribution in [0.2, 0.25) is 0 Å². The lowest BCUT2D eigenvalue weighted by Gasteiger charge is -2.19. The van der Waals surface area contributed by atoms with Crippen LogP contribution < -0.4 is 15.4 Å². The summed E-state index contributed by atoms with van der Waals surface area (Å²) in [5.74, 6) is 1.13. The predicted octanol–water partition coefficient (Wildman–Crippen LogP) is 6.69. The van der Waals surface area contributed by atoms with Crippen molar-refractivity contribution < 1.29 is 14.3 Å². The van der Waals surface area contributed by atoms with Crippen molar-refractivity contribution in [1.82, 2.24) is 0 Å². The second kappa shape index (κ2) is 9.56. The molecule has 0 unspecified atom stereocenters. The Balaban J connectivity index is 1.68. The Morgan fingerprint density at radius 1 is 0.941 bits per heavy atom. The Morgan fingerprint density at radius 3 is 2.18 bits per heavy atom. The van der Waals surface area contributed by atoms with E-state index in [1.807, 2.05) is 36.4 Å². The molecule has 0 fully saturated rings. The molecule has 5 nitrogen and oxygen atoms in total. The molecule has 0 saturated heterocycles. The van der Waals surface area contributed by atoms with E-state index in [-0.39, 0.29) is 23.7 Å². The van der Waals surface area contributed by atoms with Crippen LogP contribution in [0.5, 0.6) is 5.75 Å². The van der Waals surface area contributed by atoms with E-state index < -0.39 is 0 Å². The van der Waals surface area contributed by atoms with Gasteiger partial charge in [0.1, 0.15) is 5.75 Å². The van der Waals surface area contributed by atoms with Crippen LogP contribution in [-0.2, 0) is 4.79 Å². The fourth-order valence-corrected chi connectivity index (χ4v) is 4.25. The molecular formula is C29H30N2O3. The molecule has 0 saturated carbocycles. The van der Waals surface area contributed by atoms with Gasteiger partial charge >= 0.3 is 0 Å². The maximum Gasteiger partial charge on any atom is 0.256 e. The molecule has 3 aromatic carbocycles. The van der Waals surface area contributed by atoms with E-state index in [0.29, 0.717) is 22.5 Å². The van der Waals surface area contributed by atoms with Gasteiger partial charge in [-0.15, -0.1) is 0 Å². The number of carbonyl (C=O) groups is 2. The number of methoxy groups -OCH3 is 1. The van der Waals surface area contributed by atoms with E-state index >= 15 is 0 Å². The van der Waals surface area contributed by atoms with Crippen molar-refractivity contribution in [2.45, 2.75) is 39.5 Å². The summed E-state index contributed by atoms with van der Waals surface area (Å²) in [5.41, 5.74) is 6.52. The number of hydrogen-bond donors (Lipinski definition) is 2. The Bertz CT molecular complexity index is 1240. The summed E-state index contributed by atoms with van der Waals surface area (Å²) >= 11 is 0. The van der Waals surface area contributed by atoms with Crippen LogP contribution in [-0.4, -0.2) is 18.9 Å². The van der Waals surface area contributed by atoms with E-state index in [0.717, 1.165) is 28.0 Å². The molecule has 0 aromatic heterocycles. The van der Waals surface area contributed by atoms with Crippen LogP contribution in [0.1, 0.15) is 72.1 Å². The van der Waals surface area contributed by atoms with Gasteiger partial charge in [-0.2, -0.15) is 0 Å². The van der Waals surface area contributed by atoms with Crippen LogP contribution in [0.3, 0.4) is 0 Å². The first-order chi connectivity index (χ1) is 16.3. The van der Waals surface area contributed by atoms with Crippen molar-refractivity contribution in [3.63, 3.8) is 0 Å². The van der Waals surface area contributed by atoms with Crippen LogP contribution in [0.25, 0.3) is 11.6 Å². The van der Waals surface area contributed by atoms with Gasteiger partial charge in [-0.05, 0) is 71.0 Å². The second-order valence-electron chi connectivity index (χ2n) is 9.13. The number of carbonyl (C=O) groups excluding carboxylic acids is 2. The van der Waals surface area contributed by atoms with Crippen LogP contribution >= 0.6 is 0 Å². The monoisotopic (exact) mass is 454 g/mol. The molecule has 0 bridgehead atoms. The average molecular weight is 455 g/mol. The zero-order valence-corrected chi connectivity index (χ0v) is 20.2. The van der Waals surface area contributed by atoms with Gasteiger partial charge in [0.05, 0.1) is 12.8 Å². The Kier molecular flexibility index (Phi) is 6.55. The minimum absolute atomic E-state index is 0.158. The van der Waals surface area contributed by atoms with Crippen LogP contribution in [0.15, 0.2) is 60.7 Å². The third-order valence-corrected chi connectivity index (χ3v) is 6.02. The van der Waals surface area contributed by atoms with Crippen molar-refractivity contribution in [3.05, 3.63) is 88.5 Å². The molecule has 174 valence electrons. The molecule has 1 aliphatic rings. The highest BCUT2D eigenvalue weighted by Crippen LogP contribution is 2.39. The lowest BCUT2D eigenvalue weighted by molar-refractivity contribution is -0.110. The molecule has 5 heteroatoms. The number of ether oxygens (including phenoxy) is 1. The molecule has 3 aromatic rings. The highest BCUT2D eigenvalue weighted by molar-refractivity contribution is 6.35. The van der Waals surface area contributed by atoms with Gasteiger partial charge in [-0.1, -0.05) is 52.0 Å². The van der Waals surface area contributed by atoms with Gasteiger partial charge in [0.25, 0.3) is 11.8 Å². The SMILES string of the molecule is COc1c(C(C)C)cc(/C=C2\C(=O)Nc3cc(NC(=O)c4ccccc4)ccc32)cc1C(C)C. The number of amides is 2. The summed E-state index contributed by atoms with van der Waals surface area (Å²) in [7, 11) is 1.71. The fraction of sp³-hybridized carbons (Fsp3) is 0.241. The highest BCUT2D eigenvalue weighted by Gasteiger charge is 2.25. The third-order valence-electron chi connectivity index (χ3n) is 6.02. The Hall–Kier alpha value is -3.86. The second-order valence-corrected chi connectivity index (χ2v) is 9.13. The Labute approximate surface area is 200 Å². The van der Waals surface area contributed by atoms with E-state index in [1.165, 1.54) is 0 Å². The number of rotatable bonds is 6. The first kappa shape index (κ1) is 23.3. The van der Waals surface area contributed by atoms with Gasteiger partial charge in [-0.25, -0.2) is 0 Å². The fourth-order valence-electron chi connectivity index (χ4n) is 4.25. The summed E-state index contributed by atoms with van der Waals surface area (Å²) in [6.45, 7) is 8.56. The van der Waals surface area contributed by atoms with Crippen LogP contribution in [0, 0.1) is 0 Å². The van der Waals surface area contributed by atoms with Gasteiger partial charge in [0, 0.05) is 22.4 Å². The number of fused-ring (bicyclic) bond motifs is 1. The van der Waals surface area contributed by atoms with Crippen molar-refractivity contribution in [1.29, 1.82) is 0 Å². The summed E-state index contributed by atoms with van der Waals surface area (Å²) in [6.07, 6.45) is 1.93. The molecule has 4 rings (SSSR count). The van der Waals surface area contributed by atoms with E-state index in [4.69, 9.17) is 4.74 Å². The van der Waals surface area contributed by atoms with Crippen molar-refractivity contribution >= 4 is 34.8 Å². The van der Waals surface area contributed by atoms with E-state index in [1.54, 1.807) is 25.3 Å². The zero-order chi connectivity index (χ0) is 24.4. The molecular weight excluding hydrogens is 424 g/mol. The Morgan fingerprint density at radius 2 is 1.59 bits per heavy atom. The first-order valence-electron chi connectivity index (χ1n) is 11.5. The molecule has 0 spiro atoms. The summed E-state index contributed by atoms with van der Waals surface area (Å²) < 4.78 is 5.74. The van der Waals surface area contributed by atoms with Gasteiger partial charge in [0.2, 0.25) is 0 Å². The number of benzene rings is 3. The lowest BCUT2D eigenvalue weighted by Crippen LogP contribution is -2.11. The van der Waals surface area contributed by atoms with Crippen LogP contribution in [0.4, 0.5) is 11.4 Å². The largest absolute Gasteiger partial charge is 0.496 e. The molecule has 34 heavy (non-hydrogen) atoms. The standard InChI is InChI=1S/C29H30N2O3/c1-17(2)23-13-19(14-24(18(3)4)27(23)34-5)15-25-22-12-11-21(16-26(22)31-29(25)33)30-28(32)20-9-7-6-8-10-20/h6-18H,1-5H3,(H,30,32)(H,31,33)/b25-15-. The molecule has 1 aliphatic heterocycles. The van der Waals surface area contributed by atoms with E-state index in [2.05, 4.69) is 50.5 Å². The third kappa shape index (κ3) is 4.60. The molecule has 0 atom stereocenters. The zero-order valence-electron chi connectivity index (χ0n) is 20.2. The summed E-state index contributed by atoms with van der Waals surface area (Å²) in [5, 5.41) is 5.83. The molecule has 2 N–H and O–H groups in total. The maximum absolute atomic E-state index is 12.9. The van der Waals surface area contributed by atoms with E-state index in [9.17, 15) is 9.59 Å². The quantitative estimate of drug-likeness (QED) is 0.408. The highest BCUT2D eigenvalue weighted by atomic mass is 16.5.